The quantitative estimate of drug-likeness (QED) is 0.830. The molecule has 7 heteroatoms. The molecule has 0 atom stereocenters. The highest BCUT2D eigenvalue weighted by Gasteiger charge is 2.14. The molecule has 1 aromatic carbocycles. The molecule has 1 aromatic heterocycles. The molecule has 0 bridgehead atoms. The molecule has 0 radical (unpaired) electrons. The number of aliphatic imine (C=N–C) groups is 1. The van der Waals surface area contributed by atoms with Crippen LogP contribution in [0.15, 0.2) is 17.1 Å². The van der Waals surface area contributed by atoms with Crippen molar-refractivity contribution in [2.24, 2.45) is 4.99 Å². The standard InChI is InChI=1S/C14H16F2N4O/c1-2-3-4-8(7-21)18-13-9-5-6-10(15)11(16)12(9)19-14(17)20-13/h5-6,21H,2-4,7H2,1H3,(H2,17,19,20). The topological polar surface area (TPSA) is 84.4 Å². The minimum Gasteiger partial charge on any atom is -0.390 e. The summed E-state index contributed by atoms with van der Waals surface area (Å²) in [4.78, 5) is 11.9. The van der Waals surface area contributed by atoms with Crippen molar-refractivity contribution in [3.05, 3.63) is 23.8 Å². The Morgan fingerprint density at radius 3 is 2.76 bits per heavy atom. The SMILES string of the molecule is CCCCC(CO)=Nc1nc(N)nc2c(F)c(F)ccc12. The van der Waals surface area contributed by atoms with Crippen LogP contribution in [0.3, 0.4) is 0 Å². The molecule has 0 saturated heterocycles. The number of benzene rings is 1. The number of anilines is 1. The first-order valence-electron chi connectivity index (χ1n) is 6.65. The van der Waals surface area contributed by atoms with E-state index in [1.54, 1.807) is 0 Å². The Morgan fingerprint density at radius 1 is 1.33 bits per heavy atom. The summed E-state index contributed by atoms with van der Waals surface area (Å²) >= 11 is 0. The second-order valence-corrected chi connectivity index (χ2v) is 4.60. The maximum Gasteiger partial charge on any atom is 0.222 e. The molecule has 0 aliphatic carbocycles. The molecule has 21 heavy (non-hydrogen) atoms. The summed E-state index contributed by atoms with van der Waals surface area (Å²) in [5, 5.41) is 9.57. The summed E-state index contributed by atoms with van der Waals surface area (Å²) < 4.78 is 27.0. The van der Waals surface area contributed by atoms with Crippen molar-refractivity contribution in [3.63, 3.8) is 0 Å². The molecular formula is C14H16F2N4O. The lowest BCUT2D eigenvalue weighted by Gasteiger charge is -2.06. The van der Waals surface area contributed by atoms with Crippen molar-refractivity contribution in [3.8, 4) is 0 Å². The van der Waals surface area contributed by atoms with Crippen molar-refractivity contribution >= 4 is 28.4 Å². The highest BCUT2D eigenvalue weighted by Crippen LogP contribution is 2.27. The lowest BCUT2D eigenvalue weighted by Crippen LogP contribution is -2.05. The Kier molecular flexibility index (Phi) is 4.74. The van der Waals surface area contributed by atoms with Crippen molar-refractivity contribution < 1.29 is 13.9 Å². The lowest BCUT2D eigenvalue weighted by molar-refractivity contribution is 0.354. The number of halogens is 2. The number of aliphatic hydroxyl groups excluding tert-OH is 1. The maximum absolute atomic E-state index is 13.8. The third-order valence-electron chi connectivity index (χ3n) is 3.02. The predicted octanol–water partition coefficient (Wildman–Crippen LogP) is 2.75. The predicted molar refractivity (Wildman–Crippen MR) is 77.6 cm³/mol. The highest BCUT2D eigenvalue weighted by atomic mass is 19.2. The van der Waals surface area contributed by atoms with Gasteiger partial charge >= 0.3 is 0 Å². The summed E-state index contributed by atoms with van der Waals surface area (Å²) in [6, 6.07) is 2.34. The van der Waals surface area contributed by atoms with Crippen LogP contribution < -0.4 is 5.73 Å². The number of unbranched alkanes of at least 4 members (excludes halogenated alkanes) is 1. The fourth-order valence-electron chi connectivity index (χ4n) is 1.92. The third-order valence-corrected chi connectivity index (χ3v) is 3.02. The van der Waals surface area contributed by atoms with Crippen LogP contribution in [0.2, 0.25) is 0 Å². The summed E-state index contributed by atoms with van der Waals surface area (Å²) in [6.07, 6.45) is 2.41. The molecule has 2 rings (SSSR count). The first kappa shape index (κ1) is 15.2. The van der Waals surface area contributed by atoms with Gasteiger partial charge in [0.25, 0.3) is 0 Å². The van der Waals surface area contributed by atoms with Gasteiger partial charge in [0.05, 0.1) is 6.61 Å². The summed E-state index contributed by atoms with van der Waals surface area (Å²) in [7, 11) is 0. The van der Waals surface area contributed by atoms with Gasteiger partial charge < -0.3 is 10.8 Å². The molecule has 0 aliphatic rings. The smallest absolute Gasteiger partial charge is 0.222 e. The molecule has 0 amide bonds. The molecule has 0 aliphatic heterocycles. The van der Waals surface area contributed by atoms with Gasteiger partial charge in [0.1, 0.15) is 5.52 Å². The van der Waals surface area contributed by atoms with Gasteiger partial charge in [0.15, 0.2) is 17.5 Å². The highest BCUT2D eigenvalue weighted by molar-refractivity contribution is 5.94. The van der Waals surface area contributed by atoms with Crippen molar-refractivity contribution in [1.82, 2.24) is 9.97 Å². The van der Waals surface area contributed by atoms with E-state index in [1.165, 1.54) is 6.07 Å². The first-order valence-corrected chi connectivity index (χ1v) is 6.65. The average Bonchev–Trinajstić information content (AvgIpc) is 2.47. The second-order valence-electron chi connectivity index (χ2n) is 4.60. The molecule has 5 nitrogen and oxygen atoms in total. The number of nitrogen functional groups attached to an aromatic ring is 1. The van der Waals surface area contributed by atoms with E-state index in [4.69, 9.17) is 5.73 Å². The van der Waals surface area contributed by atoms with Crippen molar-refractivity contribution in [2.75, 3.05) is 12.3 Å². The summed E-state index contributed by atoms with van der Waals surface area (Å²) in [6.45, 7) is 1.79. The normalized spacial score (nSPS) is 12.1. The summed E-state index contributed by atoms with van der Waals surface area (Å²) in [5.74, 6) is -2.16. The second kappa shape index (κ2) is 6.53. The van der Waals surface area contributed by atoms with Gasteiger partial charge in [-0.15, -0.1) is 0 Å². The van der Waals surface area contributed by atoms with Crippen LogP contribution in [-0.4, -0.2) is 27.4 Å². The Bertz CT molecular complexity index is 688. The Hall–Kier alpha value is -2.15. The molecule has 112 valence electrons. The maximum atomic E-state index is 13.8. The number of aromatic nitrogens is 2. The summed E-state index contributed by atoms with van der Waals surface area (Å²) in [5.41, 5.74) is 5.82. The van der Waals surface area contributed by atoms with Gasteiger partial charge in [-0.3, -0.25) is 0 Å². The molecule has 1 heterocycles. The van der Waals surface area contributed by atoms with E-state index in [2.05, 4.69) is 15.0 Å². The number of hydrogen-bond donors (Lipinski definition) is 2. The Labute approximate surface area is 120 Å². The third kappa shape index (κ3) is 3.30. The van der Waals surface area contributed by atoms with Crippen LogP contribution in [0.5, 0.6) is 0 Å². The van der Waals surface area contributed by atoms with Crippen molar-refractivity contribution in [1.29, 1.82) is 0 Å². The first-order chi connectivity index (χ1) is 10.1. The lowest BCUT2D eigenvalue weighted by atomic mass is 10.2. The zero-order chi connectivity index (χ0) is 15.4. The van der Waals surface area contributed by atoms with Crippen LogP contribution in [0, 0.1) is 11.6 Å². The number of rotatable bonds is 5. The Balaban J connectivity index is 2.58. The molecule has 0 spiro atoms. The van der Waals surface area contributed by atoms with Gasteiger partial charge in [0.2, 0.25) is 5.95 Å². The molecule has 0 fully saturated rings. The van der Waals surface area contributed by atoms with Gasteiger partial charge in [-0.2, -0.15) is 4.98 Å². The monoisotopic (exact) mass is 294 g/mol. The molecule has 0 saturated carbocycles. The van der Waals surface area contributed by atoms with Crippen LogP contribution in [0.1, 0.15) is 26.2 Å². The molecular weight excluding hydrogens is 278 g/mol. The van der Waals surface area contributed by atoms with E-state index < -0.39 is 11.6 Å². The number of hydrogen-bond acceptors (Lipinski definition) is 5. The number of aliphatic hydroxyl groups is 1. The minimum atomic E-state index is -1.09. The van der Waals surface area contributed by atoms with E-state index in [-0.39, 0.29) is 29.3 Å². The number of nitrogens with two attached hydrogens (primary N) is 1. The van der Waals surface area contributed by atoms with E-state index >= 15 is 0 Å². The fraction of sp³-hybridized carbons (Fsp3) is 0.357. The van der Waals surface area contributed by atoms with E-state index in [9.17, 15) is 13.9 Å². The van der Waals surface area contributed by atoms with E-state index in [0.717, 1.165) is 18.9 Å². The zero-order valence-electron chi connectivity index (χ0n) is 11.6. The minimum absolute atomic E-state index is 0.136. The van der Waals surface area contributed by atoms with Gasteiger partial charge in [-0.1, -0.05) is 13.3 Å². The van der Waals surface area contributed by atoms with Gasteiger partial charge in [0, 0.05) is 11.1 Å². The van der Waals surface area contributed by atoms with Crippen molar-refractivity contribution in [2.45, 2.75) is 26.2 Å². The van der Waals surface area contributed by atoms with Crippen LogP contribution >= 0.6 is 0 Å². The largest absolute Gasteiger partial charge is 0.390 e. The van der Waals surface area contributed by atoms with Crippen LogP contribution in [0.4, 0.5) is 20.5 Å². The molecule has 2 aromatic rings. The van der Waals surface area contributed by atoms with Crippen LogP contribution in [0.25, 0.3) is 10.9 Å². The van der Waals surface area contributed by atoms with Crippen LogP contribution in [-0.2, 0) is 0 Å². The van der Waals surface area contributed by atoms with Gasteiger partial charge in [-0.25, -0.2) is 18.8 Å². The van der Waals surface area contributed by atoms with E-state index in [0.29, 0.717) is 12.1 Å². The Morgan fingerprint density at radius 2 is 2.10 bits per heavy atom. The zero-order valence-corrected chi connectivity index (χ0v) is 11.6. The molecule has 0 unspecified atom stereocenters. The van der Waals surface area contributed by atoms with E-state index in [1.807, 2.05) is 6.92 Å². The van der Waals surface area contributed by atoms with Gasteiger partial charge in [-0.05, 0) is 25.0 Å². The number of fused-ring (bicyclic) bond motifs is 1. The fourth-order valence-corrected chi connectivity index (χ4v) is 1.92. The molecule has 3 N–H and O–H groups in total. The average molecular weight is 294 g/mol. The number of nitrogens with zero attached hydrogens (tertiary/aromatic N) is 3.